The van der Waals surface area contributed by atoms with Crippen molar-refractivity contribution in [2.75, 3.05) is 6.54 Å². The normalized spacial score (nSPS) is 19.2. The average Bonchev–Trinajstić information content (AvgIpc) is 2.15. The fraction of sp³-hybridized carbons (Fsp3) is 0.714. The maximum Gasteiger partial charge on any atom is 0.0224 e. The van der Waals surface area contributed by atoms with E-state index in [1.165, 1.54) is 30.7 Å². The van der Waals surface area contributed by atoms with Gasteiger partial charge in [-0.25, -0.2) is 0 Å². The van der Waals surface area contributed by atoms with Crippen LogP contribution in [0.25, 0.3) is 0 Å². The van der Waals surface area contributed by atoms with E-state index >= 15 is 0 Å². The Morgan fingerprint density at radius 3 is 2.40 bits per heavy atom. The van der Waals surface area contributed by atoms with Gasteiger partial charge in [-0.1, -0.05) is 40.3 Å². The molecule has 0 spiro atoms. The summed E-state index contributed by atoms with van der Waals surface area (Å²) in [5.41, 5.74) is 2.77. The van der Waals surface area contributed by atoms with Gasteiger partial charge in [0.15, 0.2) is 0 Å². The molecule has 1 nitrogen and oxygen atoms in total. The molecule has 1 aliphatic heterocycles. The SMILES string of the molecule is C=C1CCCCN1/C(=C\C(C)C)C(C)C. The van der Waals surface area contributed by atoms with E-state index in [4.69, 9.17) is 0 Å². The van der Waals surface area contributed by atoms with Crippen molar-refractivity contribution in [3.05, 3.63) is 24.0 Å². The molecule has 0 radical (unpaired) electrons. The number of piperidine rings is 1. The number of hydrogen-bond donors (Lipinski definition) is 0. The summed E-state index contributed by atoms with van der Waals surface area (Å²) in [4.78, 5) is 2.44. The third-order valence-corrected chi connectivity index (χ3v) is 2.89. The zero-order valence-corrected chi connectivity index (χ0v) is 10.7. The van der Waals surface area contributed by atoms with Gasteiger partial charge in [0, 0.05) is 17.9 Å². The molecule has 0 atom stereocenters. The van der Waals surface area contributed by atoms with E-state index in [9.17, 15) is 0 Å². The molecule has 1 saturated heterocycles. The number of likely N-dealkylation sites (tertiary alicyclic amines) is 1. The molecular formula is C14H25N. The van der Waals surface area contributed by atoms with Crippen LogP contribution in [0.15, 0.2) is 24.0 Å². The van der Waals surface area contributed by atoms with E-state index in [1.807, 2.05) is 0 Å². The molecule has 1 aliphatic rings. The Hall–Kier alpha value is -0.720. The van der Waals surface area contributed by atoms with Gasteiger partial charge in [0.25, 0.3) is 0 Å². The van der Waals surface area contributed by atoms with Gasteiger partial charge in [-0.2, -0.15) is 0 Å². The van der Waals surface area contributed by atoms with Crippen molar-refractivity contribution in [1.82, 2.24) is 4.90 Å². The number of allylic oxidation sites excluding steroid dienone is 3. The Bertz CT molecular complexity index is 248. The van der Waals surface area contributed by atoms with Crippen molar-refractivity contribution in [3.63, 3.8) is 0 Å². The highest BCUT2D eigenvalue weighted by Gasteiger charge is 2.19. The minimum absolute atomic E-state index is 0.599. The monoisotopic (exact) mass is 207 g/mol. The van der Waals surface area contributed by atoms with Crippen LogP contribution < -0.4 is 0 Å². The molecule has 0 aliphatic carbocycles. The number of hydrogen-bond acceptors (Lipinski definition) is 1. The molecule has 1 fully saturated rings. The van der Waals surface area contributed by atoms with Gasteiger partial charge in [-0.05, 0) is 31.1 Å². The van der Waals surface area contributed by atoms with Gasteiger partial charge in [0.1, 0.15) is 0 Å². The molecule has 0 unspecified atom stereocenters. The van der Waals surface area contributed by atoms with Gasteiger partial charge in [0.05, 0.1) is 0 Å². The first-order valence-electron chi connectivity index (χ1n) is 6.19. The van der Waals surface area contributed by atoms with Crippen LogP contribution in [0.4, 0.5) is 0 Å². The van der Waals surface area contributed by atoms with Crippen molar-refractivity contribution < 1.29 is 0 Å². The van der Waals surface area contributed by atoms with Crippen molar-refractivity contribution in [1.29, 1.82) is 0 Å². The Morgan fingerprint density at radius 1 is 1.27 bits per heavy atom. The molecule has 1 rings (SSSR count). The lowest BCUT2D eigenvalue weighted by molar-refractivity contribution is 0.322. The van der Waals surface area contributed by atoms with Crippen molar-refractivity contribution in [2.45, 2.75) is 47.0 Å². The number of nitrogens with zero attached hydrogens (tertiary/aromatic N) is 1. The van der Waals surface area contributed by atoms with E-state index in [0.29, 0.717) is 11.8 Å². The van der Waals surface area contributed by atoms with E-state index in [1.54, 1.807) is 0 Å². The molecule has 1 heterocycles. The molecule has 0 amide bonds. The first kappa shape index (κ1) is 12.4. The van der Waals surface area contributed by atoms with Gasteiger partial charge >= 0.3 is 0 Å². The lowest BCUT2D eigenvalue weighted by Gasteiger charge is -2.35. The second kappa shape index (κ2) is 5.39. The molecule has 0 N–H and O–H groups in total. The fourth-order valence-corrected chi connectivity index (χ4v) is 2.14. The zero-order valence-electron chi connectivity index (χ0n) is 10.7. The molecule has 15 heavy (non-hydrogen) atoms. The van der Waals surface area contributed by atoms with Crippen LogP contribution >= 0.6 is 0 Å². The van der Waals surface area contributed by atoms with Crippen LogP contribution in [0.5, 0.6) is 0 Å². The lowest BCUT2D eigenvalue weighted by Crippen LogP contribution is -2.29. The fourth-order valence-electron chi connectivity index (χ4n) is 2.14. The third kappa shape index (κ3) is 3.40. The predicted molar refractivity (Wildman–Crippen MR) is 67.5 cm³/mol. The van der Waals surface area contributed by atoms with Crippen molar-refractivity contribution in [2.24, 2.45) is 11.8 Å². The van der Waals surface area contributed by atoms with Gasteiger partial charge < -0.3 is 4.90 Å². The summed E-state index contributed by atoms with van der Waals surface area (Å²) in [6.45, 7) is 14.4. The largest absolute Gasteiger partial charge is 0.349 e. The highest BCUT2D eigenvalue weighted by atomic mass is 15.2. The zero-order chi connectivity index (χ0) is 11.4. The maximum atomic E-state index is 4.19. The summed E-state index contributed by atoms with van der Waals surface area (Å²) in [6.07, 6.45) is 6.17. The van der Waals surface area contributed by atoms with Crippen molar-refractivity contribution in [3.8, 4) is 0 Å². The molecule has 0 aromatic heterocycles. The van der Waals surface area contributed by atoms with Gasteiger partial charge in [-0.15, -0.1) is 0 Å². The second-order valence-electron chi connectivity index (χ2n) is 5.17. The van der Waals surface area contributed by atoms with Crippen LogP contribution in [0.3, 0.4) is 0 Å². The summed E-state index contributed by atoms with van der Waals surface area (Å²) in [7, 11) is 0. The Kier molecular flexibility index (Phi) is 4.44. The second-order valence-corrected chi connectivity index (χ2v) is 5.17. The van der Waals surface area contributed by atoms with E-state index in [-0.39, 0.29) is 0 Å². The Morgan fingerprint density at radius 2 is 1.93 bits per heavy atom. The van der Waals surface area contributed by atoms with Gasteiger partial charge in [0.2, 0.25) is 0 Å². The minimum Gasteiger partial charge on any atom is -0.349 e. The van der Waals surface area contributed by atoms with Gasteiger partial charge in [-0.3, -0.25) is 0 Å². The van der Waals surface area contributed by atoms with E-state index in [2.05, 4.69) is 45.2 Å². The minimum atomic E-state index is 0.599. The van der Waals surface area contributed by atoms with Crippen molar-refractivity contribution >= 4 is 0 Å². The number of rotatable bonds is 3. The van der Waals surface area contributed by atoms with Crippen LogP contribution in [-0.2, 0) is 0 Å². The van der Waals surface area contributed by atoms with Crippen LogP contribution in [0.2, 0.25) is 0 Å². The highest BCUT2D eigenvalue weighted by Crippen LogP contribution is 2.28. The third-order valence-electron chi connectivity index (χ3n) is 2.89. The maximum absolute atomic E-state index is 4.19. The lowest BCUT2D eigenvalue weighted by atomic mass is 10.00. The van der Waals surface area contributed by atoms with E-state index < -0.39 is 0 Å². The highest BCUT2D eigenvalue weighted by molar-refractivity contribution is 5.14. The quantitative estimate of drug-likeness (QED) is 0.671. The summed E-state index contributed by atoms with van der Waals surface area (Å²) in [5.74, 6) is 1.22. The van der Waals surface area contributed by atoms with Crippen LogP contribution in [0.1, 0.15) is 47.0 Å². The predicted octanol–water partition coefficient (Wildman–Crippen LogP) is 4.18. The molecule has 0 aromatic rings. The molecule has 86 valence electrons. The summed E-state index contributed by atoms with van der Waals surface area (Å²) < 4.78 is 0. The standard InChI is InChI=1S/C14H25N/c1-11(2)10-14(12(3)4)15-9-7-6-8-13(15)5/h10-12H,5-9H2,1-4H3/b14-10-. The first-order chi connectivity index (χ1) is 7.02. The van der Waals surface area contributed by atoms with E-state index in [0.717, 1.165) is 6.54 Å². The molecule has 0 bridgehead atoms. The summed E-state index contributed by atoms with van der Waals surface area (Å²) in [6, 6.07) is 0. The Balaban J connectivity index is 2.83. The molecule has 0 aromatic carbocycles. The molecule has 1 heteroatoms. The summed E-state index contributed by atoms with van der Waals surface area (Å²) in [5, 5.41) is 0. The molecule has 0 saturated carbocycles. The summed E-state index contributed by atoms with van der Waals surface area (Å²) >= 11 is 0. The first-order valence-corrected chi connectivity index (χ1v) is 6.19. The molecular weight excluding hydrogens is 182 g/mol. The Labute approximate surface area is 94.9 Å². The topological polar surface area (TPSA) is 3.24 Å². The smallest absolute Gasteiger partial charge is 0.0224 e. The van der Waals surface area contributed by atoms with Crippen LogP contribution in [0, 0.1) is 11.8 Å². The average molecular weight is 207 g/mol. The van der Waals surface area contributed by atoms with Crippen LogP contribution in [-0.4, -0.2) is 11.4 Å².